The fourth-order valence-electron chi connectivity index (χ4n) is 2.30. The van der Waals surface area contributed by atoms with Crippen molar-refractivity contribution in [1.29, 1.82) is 0 Å². The number of hydroxylamine groups is 1. The van der Waals surface area contributed by atoms with Gasteiger partial charge in [-0.2, -0.15) is 0 Å². The quantitative estimate of drug-likeness (QED) is 0.502. The summed E-state index contributed by atoms with van der Waals surface area (Å²) in [6, 6.07) is 14.7. The first kappa shape index (κ1) is 19.3. The molecule has 0 bridgehead atoms. The minimum Gasteiger partial charge on any atom is -0.497 e. The van der Waals surface area contributed by atoms with Crippen LogP contribution in [0.4, 0.5) is 0 Å². The van der Waals surface area contributed by atoms with Crippen LogP contribution in [0.5, 0.6) is 11.5 Å². The average Bonchev–Trinajstić information content (AvgIpc) is 2.65. The summed E-state index contributed by atoms with van der Waals surface area (Å²) in [5.74, 6) is 0.546. The van der Waals surface area contributed by atoms with Gasteiger partial charge < -0.3 is 14.6 Å². The molecule has 138 valence electrons. The van der Waals surface area contributed by atoms with Crippen molar-refractivity contribution < 1.29 is 24.2 Å². The van der Waals surface area contributed by atoms with Gasteiger partial charge in [0.25, 0.3) is 0 Å². The maximum Gasteiger partial charge on any atom is 0.307 e. The van der Waals surface area contributed by atoms with Gasteiger partial charge in [-0.05, 0) is 54.4 Å². The van der Waals surface area contributed by atoms with E-state index in [1.807, 2.05) is 37.3 Å². The van der Waals surface area contributed by atoms with Gasteiger partial charge in [0.05, 0.1) is 19.2 Å². The molecule has 2 rings (SSSR count). The summed E-state index contributed by atoms with van der Waals surface area (Å²) >= 11 is 0. The van der Waals surface area contributed by atoms with Gasteiger partial charge in [0.2, 0.25) is 0 Å². The van der Waals surface area contributed by atoms with E-state index >= 15 is 0 Å². The Bertz CT molecular complexity index is 740. The zero-order chi connectivity index (χ0) is 18.8. The van der Waals surface area contributed by atoms with Crippen LogP contribution in [-0.2, 0) is 16.1 Å². The van der Waals surface area contributed by atoms with Crippen molar-refractivity contribution in [3.63, 3.8) is 0 Å². The van der Waals surface area contributed by atoms with Crippen LogP contribution in [0, 0.1) is 0 Å². The molecule has 0 spiro atoms. The molecule has 2 N–H and O–H groups in total. The van der Waals surface area contributed by atoms with Crippen molar-refractivity contribution in [2.75, 3.05) is 20.3 Å². The van der Waals surface area contributed by atoms with Crippen LogP contribution in [-0.4, -0.2) is 31.4 Å². The van der Waals surface area contributed by atoms with Crippen LogP contribution in [0.1, 0.15) is 18.1 Å². The van der Waals surface area contributed by atoms with Crippen LogP contribution in [0.15, 0.2) is 54.6 Å². The van der Waals surface area contributed by atoms with E-state index in [1.165, 1.54) is 0 Å². The monoisotopic (exact) mass is 357 g/mol. The lowest BCUT2D eigenvalue weighted by molar-refractivity contribution is -0.136. The van der Waals surface area contributed by atoms with E-state index in [0.29, 0.717) is 24.5 Å². The van der Waals surface area contributed by atoms with Gasteiger partial charge in [-0.1, -0.05) is 18.2 Å². The third kappa shape index (κ3) is 6.14. The van der Waals surface area contributed by atoms with Gasteiger partial charge in [0.15, 0.2) is 0 Å². The smallest absolute Gasteiger partial charge is 0.307 e. The van der Waals surface area contributed by atoms with Crippen LogP contribution in [0.25, 0.3) is 5.70 Å². The highest BCUT2D eigenvalue weighted by Crippen LogP contribution is 2.17. The molecule has 2 aromatic rings. The standard InChI is InChI=1S/C20H23NO5/c1-3-19(16-7-9-17(24-2)10-8-16)21-26-12-11-25-18-6-4-5-15(13-18)14-20(22)23/h3-10,13,21H,11-12,14H2,1-2H3,(H,22,23). The van der Waals surface area contributed by atoms with E-state index in [0.717, 1.165) is 17.0 Å². The molecule has 0 fully saturated rings. The van der Waals surface area contributed by atoms with E-state index in [1.54, 1.807) is 31.4 Å². The molecule has 0 radical (unpaired) electrons. The Morgan fingerprint density at radius 3 is 2.54 bits per heavy atom. The zero-order valence-electron chi connectivity index (χ0n) is 14.9. The number of benzene rings is 2. The number of ether oxygens (including phenoxy) is 2. The van der Waals surface area contributed by atoms with Crippen LogP contribution in [0.3, 0.4) is 0 Å². The summed E-state index contributed by atoms with van der Waals surface area (Å²) in [7, 11) is 1.63. The molecule has 0 amide bonds. The molecule has 0 aliphatic heterocycles. The third-order valence-corrected chi connectivity index (χ3v) is 3.58. The molecule has 6 nitrogen and oxygen atoms in total. The van der Waals surface area contributed by atoms with Crippen molar-refractivity contribution >= 4 is 11.7 Å². The van der Waals surface area contributed by atoms with Gasteiger partial charge in [0.1, 0.15) is 24.7 Å². The number of hydrogen-bond acceptors (Lipinski definition) is 5. The highest BCUT2D eigenvalue weighted by molar-refractivity contribution is 5.70. The topological polar surface area (TPSA) is 77.0 Å². The van der Waals surface area contributed by atoms with Gasteiger partial charge in [0, 0.05) is 0 Å². The first-order valence-electron chi connectivity index (χ1n) is 8.24. The Balaban J connectivity index is 1.76. The van der Waals surface area contributed by atoms with Gasteiger partial charge in [-0.15, -0.1) is 0 Å². The molecule has 0 saturated heterocycles. The number of carboxylic acid groups (broad SMARTS) is 1. The summed E-state index contributed by atoms with van der Waals surface area (Å²) in [5, 5.41) is 8.82. The largest absolute Gasteiger partial charge is 0.497 e. The van der Waals surface area contributed by atoms with E-state index in [2.05, 4.69) is 5.48 Å². The van der Waals surface area contributed by atoms with E-state index < -0.39 is 5.97 Å². The minimum atomic E-state index is -0.868. The number of aliphatic carboxylic acids is 1. The number of nitrogens with one attached hydrogen (secondary N) is 1. The molecule has 0 heterocycles. The number of allylic oxidation sites excluding steroid dienone is 1. The second-order valence-electron chi connectivity index (χ2n) is 5.45. The molecule has 26 heavy (non-hydrogen) atoms. The Hall–Kier alpha value is -2.99. The number of rotatable bonds is 10. The highest BCUT2D eigenvalue weighted by Gasteiger charge is 2.03. The van der Waals surface area contributed by atoms with Crippen LogP contribution >= 0.6 is 0 Å². The predicted octanol–water partition coefficient (Wildman–Crippen LogP) is 3.28. The minimum absolute atomic E-state index is 0.0260. The lowest BCUT2D eigenvalue weighted by Crippen LogP contribution is -2.17. The average molecular weight is 357 g/mol. The Labute approximate surface area is 153 Å². The number of carboxylic acids is 1. The van der Waals surface area contributed by atoms with Crippen molar-refractivity contribution in [2.24, 2.45) is 0 Å². The van der Waals surface area contributed by atoms with Crippen LogP contribution in [0.2, 0.25) is 0 Å². The summed E-state index contributed by atoms with van der Waals surface area (Å²) in [6.07, 6.45) is 1.89. The first-order valence-corrected chi connectivity index (χ1v) is 8.24. The van der Waals surface area contributed by atoms with E-state index in [4.69, 9.17) is 19.4 Å². The van der Waals surface area contributed by atoms with Gasteiger partial charge in [-0.3, -0.25) is 15.1 Å². The molecule has 0 aromatic heterocycles. The molecule has 6 heteroatoms. The fourth-order valence-corrected chi connectivity index (χ4v) is 2.30. The highest BCUT2D eigenvalue weighted by atomic mass is 16.7. The Morgan fingerprint density at radius 1 is 1.12 bits per heavy atom. The molecule has 0 aliphatic rings. The maximum absolute atomic E-state index is 10.7. The summed E-state index contributed by atoms with van der Waals surface area (Å²) in [6.45, 7) is 2.58. The van der Waals surface area contributed by atoms with Crippen LogP contribution < -0.4 is 15.0 Å². The van der Waals surface area contributed by atoms with Crippen molar-refractivity contribution in [3.8, 4) is 11.5 Å². The van der Waals surface area contributed by atoms with Gasteiger partial charge >= 0.3 is 5.97 Å². The first-order chi connectivity index (χ1) is 12.6. The zero-order valence-corrected chi connectivity index (χ0v) is 14.9. The predicted molar refractivity (Wildman–Crippen MR) is 99.0 cm³/mol. The van der Waals surface area contributed by atoms with Crippen molar-refractivity contribution in [1.82, 2.24) is 5.48 Å². The lowest BCUT2D eigenvalue weighted by atomic mass is 10.1. The second-order valence-corrected chi connectivity index (χ2v) is 5.45. The summed E-state index contributed by atoms with van der Waals surface area (Å²) < 4.78 is 10.7. The Kier molecular flexibility index (Phi) is 7.51. The number of carbonyl (C=O) groups is 1. The van der Waals surface area contributed by atoms with E-state index in [9.17, 15) is 4.79 Å². The Morgan fingerprint density at radius 2 is 1.88 bits per heavy atom. The van der Waals surface area contributed by atoms with E-state index in [-0.39, 0.29) is 6.42 Å². The lowest BCUT2D eigenvalue weighted by Gasteiger charge is -2.12. The molecular formula is C20H23NO5. The third-order valence-electron chi connectivity index (χ3n) is 3.58. The van der Waals surface area contributed by atoms with Crippen molar-refractivity contribution in [2.45, 2.75) is 13.3 Å². The summed E-state index contributed by atoms with van der Waals surface area (Å²) in [5.41, 5.74) is 5.43. The maximum atomic E-state index is 10.7. The molecule has 0 aliphatic carbocycles. The number of hydrogen-bond donors (Lipinski definition) is 2. The normalized spacial score (nSPS) is 11.1. The fraction of sp³-hybridized carbons (Fsp3) is 0.250. The second kappa shape index (κ2) is 10.1. The molecular weight excluding hydrogens is 334 g/mol. The molecule has 0 atom stereocenters. The molecule has 0 unspecified atom stereocenters. The van der Waals surface area contributed by atoms with Crippen molar-refractivity contribution in [3.05, 3.63) is 65.7 Å². The number of methoxy groups -OCH3 is 1. The molecule has 2 aromatic carbocycles. The SMILES string of the molecule is CC=C(NOCCOc1cccc(CC(=O)O)c1)c1ccc(OC)cc1. The summed E-state index contributed by atoms with van der Waals surface area (Å²) in [4.78, 5) is 16.2. The van der Waals surface area contributed by atoms with Gasteiger partial charge in [-0.25, -0.2) is 0 Å². The molecule has 0 saturated carbocycles.